The van der Waals surface area contributed by atoms with E-state index in [1.807, 2.05) is 57.3 Å². The number of amides is 1. The van der Waals surface area contributed by atoms with Gasteiger partial charge in [-0.25, -0.2) is 4.98 Å². The standard InChI is InChI=1S/C20H22N4O2/c1-13-7-6-8-14(2)19(13)23-18(25)12-24(3)11-17-21-16-10-5-4-9-15(16)20(26)22-17/h4-10H,11-12H2,1-3H3,(H,23,25)(H,21,22,26)/p+1. The number of hydrogen-bond donors (Lipinski definition) is 3. The maximum atomic E-state index is 12.4. The number of fused-ring (bicyclic) bond motifs is 1. The average Bonchev–Trinajstić information content (AvgIpc) is 2.58. The quantitative estimate of drug-likeness (QED) is 0.646. The summed E-state index contributed by atoms with van der Waals surface area (Å²) in [4.78, 5) is 32.7. The molecule has 3 N–H and O–H groups in total. The number of nitrogens with zero attached hydrogens (tertiary/aromatic N) is 1. The molecule has 0 spiro atoms. The molecule has 0 bridgehead atoms. The van der Waals surface area contributed by atoms with Crippen LogP contribution in [0, 0.1) is 13.8 Å². The molecule has 0 aliphatic heterocycles. The highest BCUT2D eigenvalue weighted by atomic mass is 16.2. The minimum absolute atomic E-state index is 0.0666. The van der Waals surface area contributed by atoms with Crippen molar-refractivity contribution in [2.45, 2.75) is 20.4 Å². The molecule has 0 aliphatic rings. The van der Waals surface area contributed by atoms with E-state index in [2.05, 4.69) is 15.3 Å². The number of hydrogen-bond acceptors (Lipinski definition) is 3. The normalized spacial score (nSPS) is 12.1. The van der Waals surface area contributed by atoms with Gasteiger partial charge in [-0.2, -0.15) is 0 Å². The lowest BCUT2D eigenvalue weighted by atomic mass is 10.1. The van der Waals surface area contributed by atoms with Gasteiger partial charge in [0.05, 0.1) is 18.0 Å². The number of aromatic nitrogens is 2. The van der Waals surface area contributed by atoms with E-state index in [1.54, 1.807) is 6.07 Å². The molecule has 0 aliphatic carbocycles. The van der Waals surface area contributed by atoms with Gasteiger partial charge in [-0.1, -0.05) is 30.3 Å². The van der Waals surface area contributed by atoms with Crippen LogP contribution in [0.15, 0.2) is 47.3 Å². The van der Waals surface area contributed by atoms with Crippen LogP contribution in [0.2, 0.25) is 0 Å². The largest absolute Gasteiger partial charge is 0.323 e. The van der Waals surface area contributed by atoms with Gasteiger partial charge in [-0.3, -0.25) is 9.59 Å². The van der Waals surface area contributed by atoms with E-state index in [0.717, 1.165) is 21.7 Å². The first kappa shape index (κ1) is 17.8. The van der Waals surface area contributed by atoms with Crippen molar-refractivity contribution in [3.63, 3.8) is 0 Å². The number of aromatic amines is 1. The Morgan fingerprint density at radius 3 is 2.54 bits per heavy atom. The summed E-state index contributed by atoms with van der Waals surface area (Å²) >= 11 is 0. The van der Waals surface area contributed by atoms with Gasteiger partial charge in [0.2, 0.25) is 0 Å². The number of para-hydroxylation sites is 2. The summed E-state index contributed by atoms with van der Waals surface area (Å²) in [7, 11) is 1.90. The first-order valence-electron chi connectivity index (χ1n) is 8.59. The summed E-state index contributed by atoms with van der Waals surface area (Å²) in [6.07, 6.45) is 0. The number of benzene rings is 2. The molecule has 2 aromatic carbocycles. The summed E-state index contributed by atoms with van der Waals surface area (Å²) in [5.74, 6) is 0.508. The second-order valence-corrected chi connectivity index (χ2v) is 6.66. The number of H-pyrrole nitrogens is 1. The van der Waals surface area contributed by atoms with Gasteiger partial charge < -0.3 is 15.2 Å². The zero-order chi connectivity index (χ0) is 18.7. The van der Waals surface area contributed by atoms with Crippen molar-refractivity contribution in [1.82, 2.24) is 9.97 Å². The summed E-state index contributed by atoms with van der Waals surface area (Å²) in [6, 6.07) is 13.2. The van der Waals surface area contributed by atoms with Gasteiger partial charge >= 0.3 is 0 Å². The molecule has 1 amide bonds. The number of quaternary nitrogens is 1. The molecule has 6 heteroatoms. The van der Waals surface area contributed by atoms with Gasteiger partial charge in [0.15, 0.2) is 12.4 Å². The minimum atomic E-state index is -0.154. The minimum Gasteiger partial charge on any atom is -0.323 e. The van der Waals surface area contributed by atoms with E-state index in [-0.39, 0.29) is 18.0 Å². The molecule has 1 unspecified atom stereocenters. The molecule has 0 radical (unpaired) electrons. The average molecular weight is 351 g/mol. The van der Waals surface area contributed by atoms with Crippen LogP contribution < -0.4 is 15.8 Å². The number of nitrogens with one attached hydrogen (secondary N) is 3. The second kappa shape index (κ2) is 7.49. The first-order valence-corrected chi connectivity index (χ1v) is 8.59. The summed E-state index contributed by atoms with van der Waals surface area (Å²) < 4.78 is 0. The van der Waals surface area contributed by atoms with Crippen LogP contribution in [0.4, 0.5) is 5.69 Å². The number of anilines is 1. The zero-order valence-electron chi connectivity index (χ0n) is 15.2. The number of rotatable bonds is 5. The van der Waals surface area contributed by atoms with E-state index in [9.17, 15) is 9.59 Å². The van der Waals surface area contributed by atoms with Crippen LogP contribution in [0.25, 0.3) is 10.9 Å². The Kier molecular flexibility index (Phi) is 5.14. The van der Waals surface area contributed by atoms with Crippen LogP contribution in [0.5, 0.6) is 0 Å². The third kappa shape index (κ3) is 3.97. The molecular weight excluding hydrogens is 328 g/mol. The Labute approximate surface area is 151 Å². The molecule has 0 saturated heterocycles. The molecule has 1 heterocycles. The fourth-order valence-corrected chi connectivity index (χ4v) is 3.04. The Morgan fingerprint density at radius 1 is 1.12 bits per heavy atom. The maximum absolute atomic E-state index is 12.4. The maximum Gasteiger partial charge on any atom is 0.279 e. The highest BCUT2D eigenvalue weighted by molar-refractivity contribution is 5.93. The third-order valence-electron chi connectivity index (χ3n) is 4.34. The molecule has 1 atom stereocenters. The highest BCUT2D eigenvalue weighted by Gasteiger charge is 2.14. The first-order chi connectivity index (χ1) is 12.4. The summed E-state index contributed by atoms with van der Waals surface area (Å²) in [5, 5.41) is 3.56. The van der Waals surface area contributed by atoms with Crippen molar-refractivity contribution in [2.24, 2.45) is 0 Å². The third-order valence-corrected chi connectivity index (χ3v) is 4.34. The highest BCUT2D eigenvalue weighted by Crippen LogP contribution is 2.18. The topological polar surface area (TPSA) is 79.3 Å². The van der Waals surface area contributed by atoms with Crippen LogP contribution in [-0.2, 0) is 11.3 Å². The van der Waals surface area contributed by atoms with E-state index in [1.165, 1.54) is 0 Å². The van der Waals surface area contributed by atoms with Crippen LogP contribution in [0.1, 0.15) is 17.0 Å². The molecule has 134 valence electrons. The molecular formula is C20H23N4O2+. The van der Waals surface area contributed by atoms with Gasteiger partial charge in [-0.15, -0.1) is 0 Å². The van der Waals surface area contributed by atoms with Crippen molar-refractivity contribution in [2.75, 3.05) is 18.9 Å². The Bertz CT molecular complexity index is 990. The predicted molar refractivity (Wildman–Crippen MR) is 102 cm³/mol. The lowest BCUT2D eigenvalue weighted by molar-refractivity contribution is -0.885. The van der Waals surface area contributed by atoms with Crippen molar-refractivity contribution >= 4 is 22.5 Å². The van der Waals surface area contributed by atoms with Crippen LogP contribution >= 0.6 is 0 Å². The van der Waals surface area contributed by atoms with Gasteiger partial charge in [0, 0.05) is 5.69 Å². The summed E-state index contributed by atoms with van der Waals surface area (Å²) in [5.41, 5.74) is 3.45. The number of aryl methyl sites for hydroxylation is 2. The van der Waals surface area contributed by atoms with Crippen molar-refractivity contribution in [3.8, 4) is 0 Å². The molecule has 26 heavy (non-hydrogen) atoms. The molecule has 0 fully saturated rings. The van der Waals surface area contributed by atoms with Crippen LogP contribution in [-0.4, -0.2) is 29.5 Å². The molecule has 3 aromatic rings. The van der Waals surface area contributed by atoms with Gasteiger partial charge in [0.25, 0.3) is 11.5 Å². The Balaban J connectivity index is 1.68. The predicted octanol–water partition coefficient (Wildman–Crippen LogP) is 1.19. The Morgan fingerprint density at radius 2 is 1.81 bits per heavy atom. The number of carbonyl (C=O) groups is 1. The Hall–Kier alpha value is -2.99. The molecule has 0 saturated carbocycles. The van der Waals surface area contributed by atoms with Crippen molar-refractivity contribution in [3.05, 3.63) is 69.8 Å². The molecule has 6 nitrogen and oxygen atoms in total. The van der Waals surface area contributed by atoms with E-state index in [4.69, 9.17) is 0 Å². The van der Waals surface area contributed by atoms with E-state index >= 15 is 0 Å². The monoisotopic (exact) mass is 351 g/mol. The van der Waals surface area contributed by atoms with Gasteiger partial charge in [-0.05, 0) is 37.1 Å². The van der Waals surface area contributed by atoms with Crippen LogP contribution in [0.3, 0.4) is 0 Å². The summed E-state index contributed by atoms with van der Waals surface area (Å²) in [6.45, 7) is 4.69. The van der Waals surface area contributed by atoms with Crippen molar-refractivity contribution < 1.29 is 9.69 Å². The SMILES string of the molecule is Cc1cccc(C)c1NC(=O)C[NH+](C)Cc1nc2ccccc2c(=O)[nH]1. The lowest BCUT2D eigenvalue weighted by Gasteiger charge is -2.15. The fourth-order valence-electron chi connectivity index (χ4n) is 3.04. The lowest BCUT2D eigenvalue weighted by Crippen LogP contribution is -3.08. The zero-order valence-corrected chi connectivity index (χ0v) is 15.2. The molecule has 1 aromatic heterocycles. The fraction of sp³-hybridized carbons (Fsp3) is 0.250. The van der Waals surface area contributed by atoms with E-state index in [0.29, 0.717) is 23.3 Å². The number of likely N-dealkylation sites (N-methyl/N-ethyl adjacent to an activating group) is 1. The van der Waals surface area contributed by atoms with E-state index < -0.39 is 0 Å². The smallest absolute Gasteiger partial charge is 0.279 e. The second-order valence-electron chi connectivity index (χ2n) is 6.66. The molecule has 3 rings (SSSR count). The number of carbonyl (C=O) groups excluding carboxylic acids is 1. The van der Waals surface area contributed by atoms with Gasteiger partial charge in [0.1, 0.15) is 6.54 Å². The van der Waals surface area contributed by atoms with Crippen molar-refractivity contribution in [1.29, 1.82) is 0 Å².